The Morgan fingerprint density at radius 2 is 1.65 bits per heavy atom. The molecular weight excluding hydrogens is 572 g/mol. The van der Waals surface area contributed by atoms with Crippen LogP contribution in [0.1, 0.15) is 48.7 Å². The van der Waals surface area contributed by atoms with E-state index >= 15 is 0 Å². The van der Waals surface area contributed by atoms with Gasteiger partial charge in [-0.15, -0.1) is 0 Å². The summed E-state index contributed by atoms with van der Waals surface area (Å²) in [4.78, 5) is 39.4. The number of methoxy groups -OCH3 is 2. The molecule has 0 atom stereocenters. The van der Waals surface area contributed by atoms with Crippen molar-refractivity contribution in [3.05, 3.63) is 77.4 Å². The second-order valence-electron chi connectivity index (χ2n) is 11.2. The summed E-state index contributed by atoms with van der Waals surface area (Å²) in [5.41, 5.74) is 2.56. The third-order valence-corrected chi connectivity index (χ3v) is 8.14. The molecule has 1 fully saturated rings. The zero-order chi connectivity index (χ0) is 31.5. The van der Waals surface area contributed by atoms with E-state index in [2.05, 4.69) is 10.6 Å². The molecule has 3 aromatic rings. The monoisotopic (exact) mass is 608 g/mol. The van der Waals surface area contributed by atoms with Gasteiger partial charge < -0.3 is 14.8 Å². The molecule has 0 radical (unpaired) electrons. The van der Waals surface area contributed by atoms with Crippen LogP contribution in [-0.4, -0.2) is 53.3 Å². The summed E-state index contributed by atoms with van der Waals surface area (Å²) in [6.45, 7) is 6.19. The van der Waals surface area contributed by atoms with Gasteiger partial charge in [0.05, 0.1) is 38.3 Å². The van der Waals surface area contributed by atoms with Crippen molar-refractivity contribution < 1.29 is 32.3 Å². The Hall–Kier alpha value is -4.58. The number of carbonyl (C=O) groups excluding carboxylic acids is 3. The fourth-order valence-electron chi connectivity index (χ4n) is 4.73. The first-order valence-electron chi connectivity index (χ1n) is 13.6. The molecule has 11 nitrogen and oxygen atoms in total. The number of benzene rings is 3. The second-order valence-corrected chi connectivity index (χ2v) is 13.1. The molecule has 12 heteroatoms. The molecule has 1 aliphatic rings. The number of hydrogen-bond donors (Lipinski definition) is 2. The molecule has 1 saturated heterocycles. The van der Waals surface area contributed by atoms with Crippen molar-refractivity contribution in [3.63, 3.8) is 0 Å². The Morgan fingerprint density at radius 1 is 1.00 bits per heavy atom. The minimum atomic E-state index is -3.62. The van der Waals surface area contributed by atoms with E-state index in [1.54, 1.807) is 67.8 Å². The topological polar surface area (TPSA) is 134 Å². The Morgan fingerprint density at radius 3 is 2.19 bits per heavy atom. The Balaban J connectivity index is 1.63. The predicted molar refractivity (Wildman–Crippen MR) is 166 cm³/mol. The highest BCUT2D eigenvalue weighted by Crippen LogP contribution is 2.38. The van der Waals surface area contributed by atoms with Gasteiger partial charge in [-0.1, -0.05) is 32.9 Å². The number of urea groups is 1. The van der Waals surface area contributed by atoms with E-state index in [1.165, 1.54) is 16.3 Å². The van der Waals surface area contributed by atoms with Crippen molar-refractivity contribution in [2.45, 2.75) is 39.2 Å². The highest BCUT2D eigenvalue weighted by molar-refractivity contribution is 7.92. The van der Waals surface area contributed by atoms with E-state index in [9.17, 15) is 22.8 Å². The number of hydrogen-bond acceptors (Lipinski definition) is 7. The van der Waals surface area contributed by atoms with Crippen molar-refractivity contribution in [1.82, 2.24) is 5.32 Å². The summed E-state index contributed by atoms with van der Waals surface area (Å²) in [5.74, 6) is 0.191. The zero-order valence-electron chi connectivity index (χ0n) is 25.1. The van der Waals surface area contributed by atoms with Crippen LogP contribution < -0.4 is 29.3 Å². The molecule has 43 heavy (non-hydrogen) atoms. The van der Waals surface area contributed by atoms with E-state index < -0.39 is 27.4 Å². The van der Waals surface area contributed by atoms with Crippen molar-refractivity contribution in [2.24, 2.45) is 0 Å². The molecule has 0 saturated carbocycles. The average Bonchev–Trinajstić information content (AvgIpc) is 2.95. The standard InChI is InChI=1S/C31H36N4O7S/c1-31(2,3)26-18-23(34-16-15-27(36)33-30(34)38)17-25(28(26)42-5)29(37)32-21-9-11-22(12-10-21)35(43(6,39)40)19-20-7-13-24(41-4)14-8-20/h7-14,17-18H,15-16,19H2,1-6H3,(H,32,37)(H,33,36,38). The Bertz CT molecular complexity index is 1630. The molecule has 1 aliphatic heterocycles. The summed E-state index contributed by atoms with van der Waals surface area (Å²) in [6, 6.07) is 16.4. The number of rotatable bonds is 9. The van der Waals surface area contributed by atoms with E-state index in [1.807, 2.05) is 20.8 Å². The molecule has 0 aromatic heterocycles. The van der Waals surface area contributed by atoms with Gasteiger partial charge >= 0.3 is 6.03 Å². The maximum absolute atomic E-state index is 13.6. The maximum atomic E-state index is 13.6. The highest BCUT2D eigenvalue weighted by atomic mass is 32.2. The molecule has 3 aromatic carbocycles. The van der Waals surface area contributed by atoms with Crippen LogP contribution in [0.2, 0.25) is 0 Å². The number of ether oxygens (including phenoxy) is 2. The third-order valence-electron chi connectivity index (χ3n) is 6.99. The Kier molecular flexibility index (Phi) is 9.00. The fraction of sp³-hybridized carbons (Fsp3) is 0.323. The SMILES string of the molecule is COc1ccc(CN(c2ccc(NC(=O)c3cc(N4CCC(=O)NC4=O)cc(C(C)(C)C)c3OC)cc2)S(C)(=O)=O)cc1. The Labute approximate surface area is 251 Å². The third kappa shape index (κ3) is 7.26. The average molecular weight is 609 g/mol. The van der Waals surface area contributed by atoms with E-state index in [0.717, 1.165) is 11.8 Å². The lowest BCUT2D eigenvalue weighted by Gasteiger charge is -2.30. The van der Waals surface area contributed by atoms with Crippen LogP contribution in [0.5, 0.6) is 11.5 Å². The second kappa shape index (κ2) is 12.3. The molecular formula is C31H36N4O7S. The normalized spacial score (nSPS) is 13.8. The number of carbonyl (C=O) groups is 3. The fourth-order valence-corrected chi connectivity index (χ4v) is 5.62. The lowest BCUT2D eigenvalue weighted by Crippen LogP contribution is -2.49. The molecule has 2 N–H and O–H groups in total. The molecule has 0 aliphatic carbocycles. The van der Waals surface area contributed by atoms with Crippen LogP contribution in [0.25, 0.3) is 0 Å². The van der Waals surface area contributed by atoms with Crippen LogP contribution in [0.4, 0.5) is 21.9 Å². The minimum Gasteiger partial charge on any atom is -0.497 e. The number of nitrogens with zero attached hydrogens (tertiary/aromatic N) is 2. The summed E-state index contributed by atoms with van der Waals surface area (Å²) < 4.78 is 37.5. The van der Waals surface area contributed by atoms with Crippen LogP contribution in [-0.2, 0) is 26.8 Å². The number of anilines is 3. The number of sulfonamides is 1. The van der Waals surface area contributed by atoms with Gasteiger partial charge in [0.2, 0.25) is 15.9 Å². The quantitative estimate of drug-likeness (QED) is 0.361. The first-order chi connectivity index (χ1) is 20.2. The first-order valence-corrected chi connectivity index (χ1v) is 15.4. The zero-order valence-corrected chi connectivity index (χ0v) is 25.9. The number of nitrogens with one attached hydrogen (secondary N) is 2. The van der Waals surface area contributed by atoms with Gasteiger partial charge in [0.15, 0.2) is 0 Å². The van der Waals surface area contributed by atoms with Gasteiger partial charge in [0, 0.05) is 29.9 Å². The summed E-state index contributed by atoms with van der Waals surface area (Å²) in [7, 11) is -0.585. The van der Waals surface area contributed by atoms with Crippen LogP contribution in [0.15, 0.2) is 60.7 Å². The van der Waals surface area contributed by atoms with Crippen molar-refractivity contribution in [1.29, 1.82) is 0 Å². The largest absolute Gasteiger partial charge is 0.497 e. The molecule has 0 spiro atoms. The molecule has 4 rings (SSSR count). The molecule has 0 bridgehead atoms. The van der Waals surface area contributed by atoms with Crippen LogP contribution in [0, 0.1) is 0 Å². The number of amides is 4. The molecule has 4 amide bonds. The number of imide groups is 1. The molecule has 1 heterocycles. The van der Waals surface area contributed by atoms with Crippen LogP contribution >= 0.6 is 0 Å². The summed E-state index contributed by atoms with van der Waals surface area (Å²) >= 11 is 0. The maximum Gasteiger partial charge on any atom is 0.328 e. The summed E-state index contributed by atoms with van der Waals surface area (Å²) in [6.07, 6.45) is 1.27. The van der Waals surface area contributed by atoms with Gasteiger partial charge in [-0.3, -0.25) is 24.1 Å². The van der Waals surface area contributed by atoms with Gasteiger partial charge in [0.1, 0.15) is 11.5 Å². The minimum absolute atomic E-state index is 0.115. The van der Waals surface area contributed by atoms with E-state index in [0.29, 0.717) is 34.1 Å². The lowest BCUT2D eigenvalue weighted by molar-refractivity contribution is -0.120. The predicted octanol–water partition coefficient (Wildman–Crippen LogP) is 4.67. The van der Waals surface area contributed by atoms with E-state index in [-0.39, 0.29) is 31.0 Å². The van der Waals surface area contributed by atoms with Crippen molar-refractivity contribution in [2.75, 3.05) is 41.5 Å². The van der Waals surface area contributed by atoms with E-state index in [4.69, 9.17) is 9.47 Å². The van der Waals surface area contributed by atoms with Crippen LogP contribution in [0.3, 0.4) is 0 Å². The highest BCUT2D eigenvalue weighted by Gasteiger charge is 2.30. The van der Waals surface area contributed by atoms with Crippen molar-refractivity contribution in [3.8, 4) is 11.5 Å². The van der Waals surface area contributed by atoms with Gasteiger partial charge in [-0.05, 0) is 59.5 Å². The first kappa shape index (κ1) is 31.4. The van der Waals surface area contributed by atoms with Gasteiger partial charge in [-0.2, -0.15) is 0 Å². The smallest absolute Gasteiger partial charge is 0.328 e. The summed E-state index contributed by atoms with van der Waals surface area (Å²) in [5, 5.41) is 5.17. The van der Waals surface area contributed by atoms with Gasteiger partial charge in [0.25, 0.3) is 5.91 Å². The lowest BCUT2D eigenvalue weighted by atomic mass is 9.84. The van der Waals surface area contributed by atoms with Gasteiger partial charge in [-0.25, -0.2) is 13.2 Å². The van der Waals surface area contributed by atoms with Crippen molar-refractivity contribution >= 4 is 44.9 Å². The molecule has 228 valence electrons. The molecule has 0 unspecified atom stereocenters.